The van der Waals surface area contributed by atoms with Crippen molar-refractivity contribution in [2.75, 3.05) is 0 Å². The fourth-order valence-corrected chi connectivity index (χ4v) is 2.59. The minimum Gasteiger partial charge on any atom is -0.456 e. The molecule has 19 heavy (non-hydrogen) atoms. The maximum atomic E-state index is 6.28. The molecule has 94 valence electrons. The highest BCUT2D eigenvalue weighted by Crippen LogP contribution is 2.36. The van der Waals surface area contributed by atoms with E-state index in [1.54, 1.807) is 6.08 Å². The van der Waals surface area contributed by atoms with Gasteiger partial charge >= 0.3 is 0 Å². The molecule has 2 aromatic carbocycles. The van der Waals surface area contributed by atoms with Crippen LogP contribution in [0.5, 0.6) is 0 Å². The fraction of sp³-hybridized carbons (Fsp3) is 0.0588. The average Bonchev–Trinajstić information content (AvgIpc) is 2.76. The molecule has 1 nitrogen and oxygen atoms in total. The van der Waals surface area contributed by atoms with E-state index in [9.17, 15) is 0 Å². The molecule has 0 aliphatic rings. The molecule has 0 atom stereocenters. The second-order valence-electron chi connectivity index (χ2n) is 4.46. The van der Waals surface area contributed by atoms with Crippen molar-refractivity contribution < 1.29 is 4.42 Å². The first-order chi connectivity index (χ1) is 9.22. The Bertz CT molecular complexity index is 768. The molecule has 0 aliphatic carbocycles. The van der Waals surface area contributed by atoms with Gasteiger partial charge in [-0.2, -0.15) is 0 Å². The van der Waals surface area contributed by atoms with Crippen molar-refractivity contribution in [2.24, 2.45) is 0 Å². The third kappa shape index (κ3) is 1.87. The summed E-state index contributed by atoms with van der Waals surface area (Å²) in [6, 6.07) is 13.9. The van der Waals surface area contributed by atoms with Crippen LogP contribution in [-0.4, -0.2) is 0 Å². The molecular weight excluding hydrogens is 256 g/mol. The van der Waals surface area contributed by atoms with Crippen LogP contribution in [0, 0.1) is 6.92 Å². The Morgan fingerprint density at radius 3 is 2.53 bits per heavy atom. The number of para-hydroxylation sites is 1. The summed E-state index contributed by atoms with van der Waals surface area (Å²) in [5.41, 5.74) is 3.97. The third-order valence-electron chi connectivity index (χ3n) is 3.35. The summed E-state index contributed by atoms with van der Waals surface area (Å²) in [6.45, 7) is 5.83. The van der Waals surface area contributed by atoms with E-state index in [1.165, 1.54) is 0 Å². The minimum absolute atomic E-state index is 0.726. The lowest BCUT2D eigenvalue weighted by Crippen LogP contribution is -1.80. The fourth-order valence-electron chi connectivity index (χ4n) is 2.35. The second kappa shape index (κ2) is 4.60. The van der Waals surface area contributed by atoms with Crippen LogP contribution in [0.25, 0.3) is 28.2 Å². The third-order valence-corrected chi connectivity index (χ3v) is 3.68. The quantitative estimate of drug-likeness (QED) is 0.581. The first-order valence-electron chi connectivity index (χ1n) is 6.12. The van der Waals surface area contributed by atoms with Gasteiger partial charge in [0.15, 0.2) is 0 Å². The molecule has 0 amide bonds. The van der Waals surface area contributed by atoms with Crippen molar-refractivity contribution in [1.29, 1.82) is 0 Å². The van der Waals surface area contributed by atoms with Crippen LogP contribution in [0.4, 0.5) is 0 Å². The smallest absolute Gasteiger partial charge is 0.142 e. The number of aryl methyl sites for hydroxylation is 1. The first-order valence-corrected chi connectivity index (χ1v) is 6.49. The zero-order valence-corrected chi connectivity index (χ0v) is 11.4. The molecule has 0 saturated heterocycles. The molecule has 0 aliphatic heterocycles. The predicted octanol–water partition coefficient (Wildman–Crippen LogP) is 5.70. The zero-order valence-electron chi connectivity index (χ0n) is 10.6. The molecule has 0 fully saturated rings. The van der Waals surface area contributed by atoms with E-state index in [2.05, 4.69) is 12.6 Å². The average molecular weight is 269 g/mol. The Hall–Kier alpha value is -1.99. The van der Waals surface area contributed by atoms with E-state index in [0.29, 0.717) is 0 Å². The molecule has 1 aromatic heterocycles. The summed E-state index contributed by atoms with van der Waals surface area (Å²) in [4.78, 5) is 0. The largest absolute Gasteiger partial charge is 0.456 e. The molecule has 3 aromatic rings. The first kappa shape index (κ1) is 12.1. The van der Waals surface area contributed by atoms with E-state index in [-0.39, 0.29) is 0 Å². The molecule has 0 radical (unpaired) electrons. The van der Waals surface area contributed by atoms with Gasteiger partial charge in [-0.1, -0.05) is 54.6 Å². The lowest BCUT2D eigenvalue weighted by Gasteiger charge is -2.04. The van der Waals surface area contributed by atoms with Crippen molar-refractivity contribution in [2.45, 2.75) is 6.92 Å². The molecule has 0 N–H and O–H groups in total. The summed E-state index contributed by atoms with van der Waals surface area (Å²) in [5.74, 6) is 0.814. The maximum Gasteiger partial charge on any atom is 0.142 e. The van der Waals surface area contributed by atoms with Gasteiger partial charge in [-0.25, -0.2) is 0 Å². The lowest BCUT2D eigenvalue weighted by molar-refractivity contribution is 0.602. The molecule has 3 rings (SSSR count). The number of fused-ring (bicyclic) bond motifs is 1. The van der Waals surface area contributed by atoms with Crippen molar-refractivity contribution in [1.82, 2.24) is 0 Å². The SMILES string of the molecule is C=Cc1oc2c(-c3ccccc3Cl)cccc2c1C. The number of benzene rings is 2. The van der Waals surface area contributed by atoms with Gasteiger partial charge in [0.1, 0.15) is 11.3 Å². The molecular formula is C17H13ClO. The maximum absolute atomic E-state index is 6.28. The number of halogens is 1. The monoisotopic (exact) mass is 268 g/mol. The highest BCUT2D eigenvalue weighted by atomic mass is 35.5. The predicted molar refractivity (Wildman–Crippen MR) is 81.5 cm³/mol. The normalized spacial score (nSPS) is 10.8. The van der Waals surface area contributed by atoms with Gasteiger partial charge in [-0.15, -0.1) is 0 Å². The second-order valence-corrected chi connectivity index (χ2v) is 4.86. The number of hydrogen-bond acceptors (Lipinski definition) is 1. The van der Waals surface area contributed by atoms with Crippen LogP contribution in [0.3, 0.4) is 0 Å². The highest BCUT2D eigenvalue weighted by Gasteiger charge is 2.13. The topological polar surface area (TPSA) is 13.1 Å². The summed E-state index contributed by atoms with van der Waals surface area (Å²) in [5, 5.41) is 1.83. The van der Waals surface area contributed by atoms with Crippen molar-refractivity contribution in [3.63, 3.8) is 0 Å². The van der Waals surface area contributed by atoms with Crippen LogP contribution in [0.2, 0.25) is 5.02 Å². The number of rotatable bonds is 2. The summed E-state index contributed by atoms with van der Waals surface area (Å²) >= 11 is 6.28. The van der Waals surface area contributed by atoms with E-state index in [1.807, 2.05) is 43.3 Å². The van der Waals surface area contributed by atoms with Crippen molar-refractivity contribution >= 4 is 28.6 Å². The van der Waals surface area contributed by atoms with Gasteiger partial charge < -0.3 is 4.42 Å². The molecule has 0 spiro atoms. The highest BCUT2D eigenvalue weighted by molar-refractivity contribution is 6.33. The van der Waals surface area contributed by atoms with E-state index >= 15 is 0 Å². The van der Waals surface area contributed by atoms with Gasteiger partial charge in [0, 0.05) is 27.1 Å². The van der Waals surface area contributed by atoms with E-state index in [0.717, 1.165) is 38.4 Å². The van der Waals surface area contributed by atoms with Crippen LogP contribution >= 0.6 is 11.6 Å². The van der Waals surface area contributed by atoms with Gasteiger partial charge in [0.25, 0.3) is 0 Å². The summed E-state index contributed by atoms with van der Waals surface area (Å²) < 4.78 is 5.91. The molecule has 2 heteroatoms. The van der Waals surface area contributed by atoms with Gasteiger partial charge in [-0.05, 0) is 19.1 Å². The Morgan fingerprint density at radius 2 is 1.79 bits per heavy atom. The summed E-state index contributed by atoms with van der Waals surface area (Å²) in [7, 11) is 0. The summed E-state index contributed by atoms with van der Waals surface area (Å²) in [6.07, 6.45) is 1.74. The van der Waals surface area contributed by atoms with Crippen LogP contribution < -0.4 is 0 Å². The Labute approximate surface area is 117 Å². The Kier molecular flexibility index (Phi) is 2.92. The van der Waals surface area contributed by atoms with Crippen LogP contribution in [-0.2, 0) is 0 Å². The zero-order chi connectivity index (χ0) is 13.4. The minimum atomic E-state index is 0.726. The molecule has 0 unspecified atom stereocenters. The van der Waals surface area contributed by atoms with Crippen molar-refractivity contribution in [3.8, 4) is 11.1 Å². The van der Waals surface area contributed by atoms with Gasteiger partial charge in [0.2, 0.25) is 0 Å². The standard InChI is InChI=1S/C17H13ClO/c1-3-16-11(2)12-8-6-9-14(17(12)19-16)13-7-4-5-10-15(13)18/h3-10H,1H2,2H3. The van der Waals surface area contributed by atoms with Gasteiger partial charge in [0.05, 0.1) is 0 Å². The van der Waals surface area contributed by atoms with E-state index in [4.69, 9.17) is 16.0 Å². The van der Waals surface area contributed by atoms with Crippen LogP contribution in [0.1, 0.15) is 11.3 Å². The van der Waals surface area contributed by atoms with Crippen LogP contribution in [0.15, 0.2) is 53.5 Å². The molecule has 0 bridgehead atoms. The van der Waals surface area contributed by atoms with E-state index < -0.39 is 0 Å². The van der Waals surface area contributed by atoms with Crippen molar-refractivity contribution in [3.05, 3.63) is 65.4 Å². The lowest BCUT2D eigenvalue weighted by atomic mass is 10.0. The Balaban J connectivity index is 2.37. The molecule has 0 saturated carbocycles. The number of furan rings is 1. The molecule has 1 heterocycles. The Morgan fingerprint density at radius 1 is 1.05 bits per heavy atom. The number of hydrogen-bond donors (Lipinski definition) is 0. The van der Waals surface area contributed by atoms with Gasteiger partial charge in [-0.3, -0.25) is 0 Å².